The molecule has 1 fully saturated rings. The van der Waals surface area contributed by atoms with E-state index < -0.39 is 0 Å². The Balaban J connectivity index is 1.62. The van der Waals surface area contributed by atoms with Crippen LogP contribution in [0.15, 0.2) is 36.1 Å². The number of nitrogens with two attached hydrogens (primary N) is 1. The van der Waals surface area contributed by atoms with Gasteiger partial charge in [0.05, 0.1) is 5.01 Å². The second kappa shape index (κ2) is 5.96. The van der Waals surface area contributed by atoms with Gasteiger partial charge in [0, 0.05) is 49.0 Å². The summed E-state index contributed by atoms with van der Waals surface area (Å²) in [6.45, 7) is 1.87. The highest BCUT2D eigenvalue weighted by Crippen LogP contribution is 2.30. The smallest absolute Gasteiger partial charge is 0.224 e. The van der Waals surface area contributed by atoms with E-state index in [1.807, 2.05) is 29.9 Å². The molecule has 0 aliphatic carbocycles. The number of rotatable bonds is 3. The monoisotopic (exact) mass is 327 g/mol. The molecule has 23 heavy (non-hydrogen) atoms. The van der Waals surface area contributed by atoms with Crippen molar-refractivity contribution in [2.45, 2.75) is 18.8 Å². The van der Waals surface area contributed by atoms with E-state index in [1.165, 1.54) is 5.01 Å². The van der Waals surface area contributed by atoms with Crippen LogP contribution in [0.1, 0.15) is 23.8 Å². The number of piperidine rings is 1. The SMILES string of the molecule is Nc1nc(N2CCCC(c3nccs3)C2)cc(-n2cccn2)n1. The average molecular weight is 327 g/mol. The van der Waals surface area contributed by atoms with Gasteiger partial charge in [-0.05, 0) is 18.9 Å². The highest BCUT2D eigenvalue weighted by molar-refractivity contribution is 7.09. The van der Waals surface area contributed by atoms with Crippen LogP contribution in [-0.2, 0) is 0 Å². The van der Waals surface area contributed by atoms with Crippen molar-refractivity contribution in [1.82, 2.24) is 24.7 Å². The summed E-state index contributed by atoms with van der Waals surface area (Å²) in [4.78, 5) is 15.4. The van der Waals surface area contributed by atoms with Crippen molar-refractivity contribution >= 4 is 23.1 Å². The number of thiazole rings is 1. The fourth-order valence-corrected chi connectivity index (χ4v) is 3.71. The van der Waals surface area contributed by atoms with E-state index in [1.54, 1.807) is 22.2 Å². The number of anilines is 2. The van der Waals surface area contributed by atoms with E-state index in [-0.39, 0.29) is 5.95 Å². The van der Waals surface area contributed by atoms with E-state index in [0.29, 0.717) is 11.7 Å². The van der Waals surface area contributed by atoms with Crippen molar-refractivity contribution in [2.75, 3.05) is 23.7 Å². The largest absolute Gasteiger partial charge is 0.368 e. The number of hydrogen-bond acceptors (Lipinski definition) is 7. The maximum atomic E-state index is 5.90. The Morgan fingerprint density at radius 1 is 1.22 bits per heavy atom. The molecule has 3 aromatic rings. The first-order chi connectivity index (χ1) is 11.3. The lowest BCUT2D eigenvalue weighted by atomic mass is 9.99. The first-order valence-corrected chi connectivity index (χ1v) is 8.46. The lowest BCUT2D eigenvalue weighted by Gasteiger charge is -2.32. The molecule has 0 radical (unpaired) electrons. The van der Waals surface area contributed by atoms with Gasteiger partial charge in [-0.2, -0.15) is 15.1 Å². The molecule has 118 valence electrons. The van der Waals surface area contributed by atoms with Crippen molar-refractivity contribution in [3.05, 3.63) is 41.1 Å². The Morgan fingerprint density at radius 2 is 2.13 bits per heavy atom. The number of aromatic nitrogens is 5. The molecule has 0 saturated carbocycles. The summed E-state index contributed by atoms with van der Waals surface area (Å²) >= 11 is 1.72. The second-order valence-electron chi connectivity index (χ2n) is 5.55. The zero-order chi connectivity index (χ0) is 15.6. The van der Waals surface area contributed by atoms with Gasteiger partial charge in [-0.1, -0.05) is 0 Å². The van der Waals surface area contributed by atoms with Gasteiger partial charge < -0.3 is 10.6 Å². The summed E-state index contributed by atoms with van der Waals surface area (Å²) in [7, 11) is 0. The summed E-state index contributed by atoms with van der Waals surface area (Å²) in [6.07, 6.45) is 7.72. The molecule has 1 saturated heterocycles. The maximum absolute atomic E-state index is 5.90. The van der Waals surface area contributed by atoms with Gasteiger partial charge in [0.2, 0.25) is 5.95 Å². The Hall–Kier alpha value is -2.48. The normalized spacial score (nSPS) is 18.3. The molecule has 0 bridgehead atoms. The molecule has 2 N–H and O–H groups in total. The molecule has 0 amide bonds. The number of nitrogen functional groups attached to an aromatic ring is 1. The quantitative estimate of drug-likeness (QED) is 0.793. The first-order valence-electron chi connectivity index (χ1n) is 7.58. The van der Waals surface area contributed by atoms with Crippen molar-refractivity contribution in [3.63, 3.8) is 0 Å². The van der Waals surface area contributed by atoms with Crippen molar-refractivity contribution in [3.8, 4) is 5.82 Å². The molecule has 4 heterocycles. The standard InChI is InChI=1S/C15H17N7S/c16-15-19-12(9-13(20-15)22-7-2-4-18-22)21-6-1-3-11(10-21)14-17-5-8-23-14/h2,4-5,7-9,11H,1,3,6,10H2,(H2,16,19,20). The number of nitrogens with zero attached hydrogens (tertiary/aromatic N) is 6. The minimum absolute atomic E-state index is 0.268. The molecule has 1 unspecified atom stereocenters. The van der Waals surface area contributed by atoms with Crippen LogP contribution in [0, 0.1) is 0 Å². The van der Waals surface area contributed by atoms with E-state index in [2.05, 4.69) is 25.0 Å². The lowest BCUT2D eigenvalue weighted by molar-refractivity contribution is 0.505. The summed E-state index contributed by atoms with van der Waals surface area (Å²) < 4.78 is 1.70. The van der Waals surface area contributed by atoms with Crippen molar-refractivity contribution in [1.29, 1.82) is 0 Å². The van der Waals surface area contributed by atoms with Crippen LogP contribution in [0.5, 0.6) is 0 Å². The average Bonchev–Trinajstić information content (AvgIpc) is 3.28. The van der Waals surface area contributed by atoms with Crippen LogP contribution < -0.4 is 10.6 Å². The third kappa shape index (κ3) is 2.89. The third-order valence-electron chi connectivity index (χ3n) is 4.00. The van der Waals surface area contributed by atoms with Crippen LogP contribution in [0.2, 0.25) is 0 Å². The minimum atomic E-state index is 0.268. The Morgan fingerprint density at radius 3 is 2.91 bits per heavy atom. The zero-order valence-electron chi connectivity index (χ0n) is 12.5. The van der Waals surface area contributed by atoms with Gasteiger partial charge in [0.15, 0.2) is 5.82 Å². The Labute approximate surface area is 137 Å². The lowest BCUT2D eigenvalue weighted by Crippen LogP contribution is -2.35. The van der Waals surface area contributed by atoms with E-state index >= 15 is 0 Å². The molecule has 8 heteroatoms. The topological polar surface area (TPSA) is 85.8 Å². The Kier molecular flexibility index (Phi) is 3.66. The van der Waals surface area contributed by atoms with Crippen LogP contribution in [0.25, 0.3) is 5.82 Å². The van der Waals surface area contributed by atoms with Crippen molar-refractivity contribution < 1.29 is 0 Å². The minimum Gasteiger partial charge on any atom is -0.368 e. The summed E-state index contributed by atoms with van der Waals surface area (Å²) in [6, 6.07) is 3.80. The van der Waals surface area contributed by atoms with Gasteiger partial charge in [-0.15, -0.1) is 11.3 Å². The van der Waals surface area contributed by atoms with E-state index in [4.69, 9.17) is 5.73 Å². The predicted octanol–water partition coefficient (Wildman–Crippen LogP) is 2.08. The van der Waals surface area contributed by atoms with Crippen LogP contribution >= 0.6 is 11.3 Å². The van der Waals surface area contributed by atoms with Gasteiger partial charge >= 0.3 is 0 Å². The zero-order valence-corrected chi connectivity index (χ0v) is 13.4. The van der Waals surface area contributed by atoms with Crippen LogP contribution in [-0.4, -0.2) is 37.8 Å². The van der Waals surface area contributed by atoms with E-state index in [9.17, 15) is 0 Å². The molecule has 3 aromatic heterocycles. The van der Waals surface area contributed by atoms with Gasteiger partial charge in [-0.3, -0.25) is 0 Å². The fraction of sp³-hybridized carbons (Fsp3) is 0.333. The third-order valence-corrected chi connectivity index (χ3v) is 4.94. The van der Waals surface area contributed by atoms with Crippen LogP contribution in [0.3, 0.4) is 0 Å². The highest BCUT2D eigenvalue weighted by atomic mass is 32.1. The van der Waals surface area contributed by atoms with Gasteiger partial charge in [-0.25, -0.2) is 9.67 Å². The first kappa shape index (κ1) is 14.1. The molecule has 4 rings (SSSR count). The second-order valence-corrected chi connectivity index (χ2v) is 6.47. The summed E-state index contributed by atoms with van der Waals surface area (Å²) in [5, 5.41) is 7.45. The molecule has 0 spiro atoms. The van der Waals surface area contributed by atoms with Gasteiger partial charge in [0.25, 0.3) is 0 Å². The Bertz CT molecular complexity index is 769. The number of hydrogen-bond donors (Lipinski definition) is 1. The summed E-state index contributed by atoms with van der Waals surface area (Å²) in [5.74, 6) is 2.26. The molecule has 7 nitrogen and oxygen atoms in total. The molecular weight excluding hydrogens is 310 g/mol. The maximum Gasteiger partial charge on any atom is 0.224 e. The molecule has 0 aromatic carbocycles. The molecule has 1 aliphatic rings. The van der Waals surface area contributed by atoms with Crippen LogP contribution in [0.4, 0.5) is 11.8 Å². The molecule has 1 aliphatic heterocycles. The summed E-state index contributed by atoms with van der Waals surface area (Å²) in [5.41, 5.74) is 5.90. The molecule has 1 atom stereocenters. The predicted molar refractivity (Wildman–Crippen MR) is 89.9 cm³/mol. The van der Waals surface area contributed by atoms with E-state index in [0.717, 1.165) is 31.7 Å². The molecular formula is C15H17N7S. The fourth-order valence-electron chi connectivity index (χ4n) is 2.95. The highest BCUT2D eigenvalue weighted by Gasteiger charge is 2.24. The van der Waals surface area contributed by atoms with Gasteiger partial charge in [0.1, 0.15) is 5.82 Å². The van der Waals surface area contributed by atoms with Crippen molar-refractivity contribution in [2.24, 2.45) is 0 Å².